The highest BCUT2D eigenvalue weighted by Gasteiger charge is 2.27. The van der Waals surface area contributed by atoms with Crippen LogP contribution in [0.1, 0.15) is 12.0 Å². The van der Waals surface area contributed by atoms with E-state index in [1.165, 1.54) is 0 Å². The van der Waals surface area contributed by atoms with E-state index in [9.17, 15) is 9.90 Å². The van der Waals surface area contributed by atoms with Crippen LogP contribution in [-0.4, -0.2) is 33.5 Å². The van der Waals surface area contributed by atoms with Crippen molar-refractivity contribution in [3.8, 4) is 0 Å². The monoisotopic (exact) mass is 192 g/mol. The number of hydrogen-bond donors (Lipinski definition) is 1. The molecule has 4 nitrogen and oxygen atoms in total. The SMILES string of the molecule is O=C1CC(O)CN1Cc1ccncc1. The van der Waals surface area contributed by atoms with E-state index in [1.807, 2.05) is 12.1 Å². The van der Waals surface area contributed by atoms with Crippen LogP contribution in [0.25, 0.3) is 0 Å². The first kappa shape index (κ1) is 9.15. The first-order valence-electron chi connectivity index (χ1n) is 4.60. The van der Waals surface area contributed by atoms with Gasteiger partial charge in [-0.25, -0.2) is 0 Å². The normalized spacial score (nSPS) is 21.6. The van der Waals surface area contributed by atoms with Crippen molar-refractivity contribution in [1.29, 1.82) is 0 Å². The summed E-state index contributed by atoms with van der Waals surface area (Å²) in [5.41, 5.74) is 1.04. The third kappa shape index (κ3) is 1.90. The zero-order valence-corrected chi connectivity index (χ0v) is 7.76. The summed E-state index contributed by atoms with van der Waals surface area (Å²) in [5.74, 6) is 0.0225. The van der Waals surface area contributed by atoms with Crippen molar-refractivity contribution in [3.63, 3.8) is 0 Å². The molecule has 0 bridgehead atoms. The predicted octanol–water partition coefficient (Wildman–Crippen LogP) is 0.175. The summed E-state index contributed by atoms with van der Waals surface area (Å²) in [4.78, 5) is 16.9. The summed E-state index contributed by atoms with van der Waals surface area (Å²) in [6.45, 7) is 1.01. The average Bonchev–Trinajstić information content (AvgIpc) is 2.47. The highest BCUT2D eigenvalue weighted by molar-refractivity contribution is 5.78. The summed E-state index contributed by atoms with van der Waals surface area (Å²) >= 11 is 0. The van der Waals surface area contributed by atoms with Crippen LogP contribution in [0.5, 0.6) is 0 Å². The van der Waals surface area contributed by atoms with Crippen molar-refractivity contribution in [2.75, 3.05) is 6.54 Å². The number of β-amino-alcohol motifs (C(OH)–C–C–N with tert-alkyl or cyclic N) is 1. The van der Waals surface area contributed by atoms with Crippen molar-refractivity contribution in [3.05, 3.63) is 30.1 Å². The topological polar surface area (TPSA) is 53.4 Å². The Morgan fingerprint density at radius 2 is 2.21 bits per heavy atom. The molecule has 1 fully saturated rings. The Balaban J connectivity index is 2.02. The Bertz CT molecular complexity index is 326. The van der Waals surface area contributed by atoms with Gasteiger partial charge in [-0.3, -0.25) is 9.78 Å². The van der Waals surface area contributed by atoms with Crippen molar-refractivity contribution in [2.24, 2.45) is 0 Å². The van der Waals surface area contributed by atoms with Gasteiger partial charge in [-0.15, -0.1) is 0 Å². The number of aromatic nitrogens is 1. The van der Waals surface area contributed by atoms with Crippen molar-refractivity contribution in [1.82, 2.24) is 9.88 Å². The van der Waals surface area contributed by atoms with Gasteiger partial charge in [0.2, 0.25) is 5.91 Å². The number of aliphatic hydroxyl groups is 1. The van der Waals surface area contributed by atoms with Gasteiger partial charge in [0.15, 0.2) is 0 Å². The molecule has 1 aromatic heterocycles. The Hall–Kier alpha value is -1.42. The van der Waals surface area contributed by atoms with E-state index in [2.05, 4.69) is 4.98 Å². The molecule has 4 heteroatoms. The zero-order valence-electron chi connectivity index (χ0n) is 7.76. The number of amides is 1. The standard InChI is InChI=1S/C10H12N2O2/c13-9-5-10(14)12(7-9)6-8-1-3-11-4-2-8/h1-4,9,13H,5-7H2. The molecular formula is C10H12N2O2. The Morgan fingerprint density at radius 3 is 2.79 bits per heavy atom. The van der Waals surface area contributed by atoms with Crippen molar-refractivity contribution in [2.45, 2.75) is 19.1 Å². The van der Waals surface area contributed by atoms with Gasteiger partial charge in [0.1, 0.15) is 0 Å². The largest absolute Gasteiger partial charge is 0.391 e. The Morgan fingerprint density at radius 1 is 1.50 bits per heavy atom. The van der Waals surface area contributed by atoms with E-state index in [0.29, 0.717) is 13.1 Å². The highest BCUT2D eigenvalue weighted by Crippen LogP contribution is 2.14. The molecule has 1 atom stereocenters. The van der Waals surface area contributed by atoms with Gasteiger partial charge in [-0.1, -0.05) is 0 Å². The highest BCUT2D eigenvalue weighted by atomic mass is 16.3. The van der Waals surface area contributed by atoms with E-state index < -0.39 is 6.10 Å². The molecule has 0 saturated carbocycles. The van der Waals surface area contributed by atoms with Gasteiger partial charge in [0, 0.05) is 25.5 Å². The number of carbonyl (C=O) groups excluding carboxylic acids is 1. The van der Waals surface area contributed by atoms with E-state index >= 15 is 0 Å². The number of nitrogens with zero attached hydrogens (tertiary/aromatic N) is 2. The van der Waals surface area contributed by atoms with Crippen LogP contribution in [0.2, 0.25) is 0 Å². The number of carbonyl (C=O) groups is 1. The molecule has 14 heavy (non-hydrogen) atoms. The van der Waals surface area contributed by atoms with Crippen molar-refractivity contribution >= 4 is 5.91 Å². The van der Waals surface area contributed by atoms with Gasteiger partial charge in [-0.05, 0) is 17.7 Å². The lowest BCUT2D eigenvalue weighted by atomic mass is 10.2. The van der Waals surface area contributed by atoms with Crippen LogP contribution < -0.4 is 0 Å². The quantitative estimate of drug-likeness (QED) is 0.727. The van der Waals surface area contributed by atoms with Crippen LogP contribution >= 0.6 is 0 Å². The van der Waals surface area contributed by atoms with Gasteiger partial charge < -0.3 is 10.0 Å². The molecule has 0 spiro atoms. The summed E-state index contributed by atoms with van der Waals surface area (Å²) in [5, 5.41) is 9.27. The fraction of sp³-hybridized carbons (Fsp3) is 0.400. The molecule has 0 aromatic carbocycles. The fourth-order valence-electron chi connectivity index (χ4n) is 1.61. The molecule has 1 unspecified atom stereocenters. The number of aliphatic hydroxyl groups excluding tert-OH is 1. The summed E-state index contributed by atoms with van der Waals surface area (Å²) in [7, 11) is 0. The van der Waals surface area contributed by atoms with E-state index in [-0.39, 0.29) is 12.3 Å². The Labute approximate surface area is 82.2 Å². The van der Waals surface area contributed by atoms with Gasteiger partial charge >= 0.3 is 0 Å². The van der Waals surface area contributed by atoms with Crippen LogP contribution in [0.4, 0.5) is 0 Å². The maximum atomic E-state index is 11.3. The van der Waals surface area contributed by atoms with Crippen molar-refractivity contribution < 1.29 is 9.90 Å². The summed E-state index contributed by atoms with van der Waals surface area (Å²) in [6, 6.07) is 3.75. The fourth-order valence-corrected chi connectivity index (χ4v) is 1.61. The molecule has 1 amide bonds. The zero-order chi connectivity index (χ0) is 9.97. The second-order valence-corrected chi connectivity index (χ2v) is 3.49. The lowest BCUT2D eigenvalue weighted by Gasteiger charge is -2.15. The third-order valence-electron chi connectivity index (χ3n) is 2.32. The number of hydrogen-bond acceptors (Lipinski definition) is 3. The molecule has 74 valence electrons. The first-order valence-corrected chi connectivity index (χ1v) is 4.60. The summed E-state index contributed by atoms with van der Waals surface area (Å²) < 4.78 is 0. The first-order chi connectivity index (χ1) is 6.75. The lowest BCUT2D eigenvalue weighted by molar-refractivity contribution is -0.128. The third-order valence-corrected chi connectivity index (χ3v) is 2.32. The Kier molecular flexibility index (Phi) is 2.45. The molecule has 1 aliphatic rings. The molecule has 1 aromatic rings. The average molecular weight is 192 g/mol. The molecule has 2 heterocycles. The van der Waals surface area contributed by atoms with Crippen LogP contribution in [0.15, 0.2) is 24.5 Å². The van der Waals surface area contributed by atoms with Crippen LogP contribution in [-0.2, 0) is 11.3 Å². The van der Waals surface area contributed by atoms with E-state index in [1.54, 1.807) is 17.3 Å². The minimum atomic E-state index is -0.496. The molecule has 1 aliphatic heterocycles. The second-order valence-electron chi connectivity index (χ2n) is 3.49. The smallest absolute Gasteiger partial charge is 0.225 e. The molecule has 1 saturated heterocycles. The van der Waals surface area contributed by atoms with E-state index in [0.717, 1.165) is 5.56 Å². The summed E-state index contributed by atoms with van der Waals surface area (Å²) in [6.07, 6.45) is 3.16. The minimum absolute atomic E-state index is 0.0225. The maximum absolute atomic E-state index is 11.3. The number of pyridine rings is 1. The minimum Gasteiger partial charge on any atom is -0.391 e. The van der Waals surface area contributed by atoms with Crippen LogP contribution in [0.3, 0.4) is 0 Å². The lowest BCUT2D eigenvalue weighted by Crippen LogP contribution is -2.25. The maximum Gasteiger partial charge on any atom is 0.225 e. The second kappa shape index (κ2) is 3.75. The van der Waals surface area contributed by atoms with E-state index in [4.69, 9.17) is 0 Å². The molecule has 0 aliphatic carbocycles. The molecular weight excluding hydrogens is 180 g/mol. The van der Waals surface area contributed by atoms with Crippen LogP contribution in [0, 0.1) is 0 Å². The number of likely N-dealkylation sites (tertiary alicyclic amines) is 1. The van der Waals surface area contributed by atoms with Gasteiger partial charge in [-0.2, -0.15) is 0 Å². The van der Waals surface area contributed by atoms with Gasteiger partial charge in [0.25, 0.3) is 0 Å². The van der Waals surface area contributed by atoms with Gasteiger partial charge in [0.05, 0.1) is 12.5 Å². The molecule has 0 radical (unpaired) electrons. The molecule has 2 rings (SSSR count). The molecule has 1 N–H and O–H groups in total. The predicted molar refractivity (Wildman–Crippen MR) is 50.3 cm³/mol. The number of rotatable bonds is 2.